The molecule has 0 saturated heterocycles. The number of benzene rings is 2. The summed E-state index contributed by atoms with van der Waals surface area (Å²) >= 11 is 0. The van der Waals surface area contributed by atoms with Gasteiger partial charge in [-0.1, -0.05) is 24.3 Å². The third-order valence-electron chi connectivity index (χ3n) is 4.60. The zero-order chi connectivity index (χ0) is 20.5. The highest BCUT2D eigenvalue weighted by atomic mass is 32.2. The summed E-state index contributed by atoms with van der Waals surface area (Å²) in [6.07, 6.45) is 0. The second-order valence-corrected chi connectivity index (χ2v) is 8.72. The van der Waals surface area contributed by atoms with Crippen molar-refractivity contribution in [3.63, 3.8) is 0 Å². The van der Waals surface area contributed by atoms with Crippen LogP contribution in [0, 0.1) is 0 Å². The molecule has 0 aliphatic carbocycles. The lowest BCUT2D eigenvalue weighted by Gasteiger charge is -2.25. The minimum absolute atomic E-state index is 0.0419. The van der Waals surface area contributed by atoms with Crippen LogP contribution in [0.5, 0.6) is 11.5 Å². The van der Waals surface area contributed by atoms with Crippen molar-refractivity contribution in [1.82, 2.24) is 9.62 Å². The summed E-state index contributed by atoms with van der Waals surface area (Å²) in [7, 11) is -1.03. The number of nitrogens with zero attached hydrogens (tertiary/aromatic N) is 1. The predicted octanol–water partition coefficient (Wildman–Crippen LogP) is 2.47. The number of ether oxygens (including phenoxy) is 2. The van der Waals surface area contributed by atoms with Crippen molar-refractivity contribution in [2.75, 3.05) is 14.2 Å². The third-order valence-corrected chi connectivity index (χ3v) is 6.41. The summed E-state index contributed by atoms with van der Waals surface area (Å²) in [5.74, 6) is 0.396. The average molecular weight is 404 g/mol. The highest BCUT2D eigenvalue weighted by molar-refractivity contribution is 7.89. The first-order valence-corrected chi connectivity index (χ1v) is 10.4. The summed E-state index contributed by atoms with van der Waals surface area (Å²) in [4.78, 5) is 12.9. The maximum absolute atomic E-state index is 13.4. The zero-order valence-electron chi connectivity index (χ0n) is 16.3. The quantitative estimate of drug-likeness (QED) is 0.800. The molecule has 1 atom stereocenters. The van der Waals surface area contributed by atoms with E-state index in [9.17, 15) is 13.2 Å². The van der Waals surface area contributed by atoms with Crippen molar-refractivity contribution in [2.24, 2.45) is 0 Å². The molecule has 3 rings (SSSR count). The van der Waals surface area contributed by atoms with Crippen LogP contribution in [-0.4, -0.2) is 38.9 Å². The van der Waals surface area contributed by atoms with Gasteiger partial charge >= 0.3 is 0 Å². The second kappa shape index (κ2) is 7.81. The molecule has 1 amide bonds. The Bertz CT molecular complexity index is 988. The van der Waals surface area contributed by atoms with Crippen LogP contribution in [0.4, 0.5) is 0 Å². The SMILES string of the molecule is COc1ccc(S(=O)(=O)N2Cc3ccccc3[C@H]2C(=O)NC(C)C)cc1OC. The van der Waals surface area contributed by atoms with Gasteiger partial charge in [-0.05, 0) is 37.1 Å². The molecule has 7 nitrogen and oxygen atoms in total. The molecular weight excluding hydrogens is 380 g/mol. The van der Waals surface area contributed by atoms with Gasteiger partial charge in [0.2, 0.25) is 15.9 Å². The van der Waals surface area contributed by atoms with E-state index in [2.05, 4.69) is 5.32 Å². The van der Waals surface area contributed by atoms with Gasteiger partial charge in [-0.25, -0.2) is 8.42 Å². The molecule has 0 unspecified atom stereocenters. The lowest BCUT2D eigenvalue weighted by atomic mass is 10.0. The number of methoxy groups -OCH3 is 2. The van der Waals surface area contributed by atoms with Crippen molar-refractivity contribution < 1.29 is 22.7 Å². The Hall–Kier alpha value is -2.58. The van der Waals surface area contributed by atoms with Crippen LogP contribution in [0.25, 0.3) is 0 Å². The van der Waals surface area contributed by atoms with E-state index in [1.54, 1.807) is 12.1 Å². The second-order valence-electron chi connectivity index (χ2n) is 6.83. The molecule has 0 bridgehead atoms. The van der Waals surface area contributed by atoms with Crippen molar-refractivity contribution in [2.45, 2.75) is 37.4 Å². The predicted molar refractivity (Wildman–Crippen MR) is 105 cm³/mol. The van der Waals surface area contributed by atoms with Gasteiger partial charge in [-0.2, -0.15) is 4.31 Å². The van der Waals surface area contributed by atoms with Gasteiger partial charge in [-0.3, -0.25) is 4.79 Å². The van der Waals surface area contributed by atoms with E-state index < -0.39 is 16.1 Å². The largest absolute Gasteiger partial charge is 0.493 e. The Kier molecular flexibility index (Phi) is 5.62. The Labute approximate surface area is 165 Å². The smallest absolute Gasteiger partial charge is 0.244 e. The van der Waals surface area contributed by atoms with Gasteiger partial charge in [0.05, 0.1) is 19.1 Å². The molecule has 2 aromatic rings. The van der Waals surface area contributed by atoms with E-state index in [1.165, 1.54) is 36.7 Å². The van der Waals surface area contributed by atoms with Crippen molar-refractivity contribution in [3.05, 3.63) is 53.6 Å². The minimum atomic E-state index is -3.96. The fourth-order valence-electron chi connectivity index (χ4n) is 3.33. The molecule has 0 fully saturated rings. The summed E-state index contributed by atoms with van der Waals surface area (Å²) in [6.45, 7) is 3.81. The Morgan fingerprint density at radius 3 is 2.43 bits per heavy atom. The summed E-state index contributed by atoms with van der Waals surface area (Å²) in [5, 5.41) is 2.83. The summed E-state index contributed by atoms with van der Waals surface area (Å²) < 4.78 is 38.5. The average Bonchev–Trinajstić information content (AvgIpc) is 3.07. The molecule has 0 aromatic heterocycles. The molecule has 8 heteroatoms. The van der Waals surface area contributed by atoms with Crippen LogP contribution in [-0.2, 0) is 21.4 Å². The lowest BCUT2D eigenvalue weighted by molar-refractivity contribution is -0.125. The summed E-state index contributed by atoms with van der Waals surface area (Å²) in [6, 6.07) is 10.7. The van der Waals surface area contributed by atoms with E-state index in [0.29, 0.717) is 17.1 Å². The lowest BCUT2D eigenvalue weighted by Crippen LogP contribution is -2.42. The first-order valence-electron chi connectivity index (χ1n) is 8.91. The first-order chi connectivity index (χ1) is 13.3. The normalized spacial score (nSPS) is 16.7. The molecule has 1 aliphatic rings. The molecular formula is C20H24N2O5S. The molecule has 150 valence electrons. The van der Waals surface area contributed by atoms with Crippen molar-refractivity contribution >= 4 is 15.9 Å². The summed E-state index contributed by atoms with van der Waals surface area (Å²) in [5.41, 5.74) is 1.51. The van der Waals surface area contributed by atoms with Crippen LogP contribution in [0.15, 0.2) is 47.4 Å². The topological polar surface area (TPSA) is 84.9 Å². The Morgan fingerprint density at radius 2 is 1.79 bits per heavy atom. The third kappa shape index (κ3) is 3.57. The number of carbonyl (C=O) groups is 1. The van der Waals surface area contributed by atoms with Gasteiger partial charge in [0.25, 0.3) is 0 Å². The maximum Gasteiger partial charge on any atom is 0.244 e. The molecule has 0 saturated carbocycles. The number of hydrogen-bond acceptors (Lipinski definition) is 5. The van der Waals surface area contributed by atoms with Crippen LogP contribution in [0.2, 0.25) is 0 Å². The van der Waals surface area contributed by atoms with Gasteiger partial charge in [-0.15, -0.1) is 0 Å². The van der Waals surface area contributed by atoms with E-state index in [-0.39, 0.29) is 23.4 Å². The Balaban J connectivity index is 2.06. The van der Waals surface area contributed by atoms with Gasteiger partial charge < -0.3 is 14.8 Å². The monoisotopic (exact) mass is 404 g/mol. The van der Waals surface area contributed by atoms with Crippen LogP contribution in [0.3, 0.4) is 0 Å². The molecule has 1 aliphatic heterocycles. The van der Waals surface area contributed by atoms with Crippen LogP contribution >= 0.6 is 0 Å². The molecule has 1 N–H and O–H groups in total. The molecule has 2 aromatic carbocycles. The van der Waals surface area contributed by atoms with Crippen molar-refractivity contribution in [1.29, 1.82) is 0 Å². The van der Waals surface area contributed by atoms with Gasteiger partial charge in [0.15, 0.2) is 11.5 Å². The maximum atomic E-state index is 13.4. The van der Waals surface area contributed by atoms with Gasteiger partial charge in [0, 0.05) is 18.7 Å². The minimum Gasteiger partial charge on any atom is -0.493 e. The zero-order valence-corrected chi connectivity index (χ0v) is 17.1. The van der Waals surface area contributed by atoms with E-state index >= 15 is 0 Å². The molecule has 0 spiro atoms. The number of hydrogen-bond donors (Lipinski definition) is 1. The fraction of sp³-hybridized carbons (Fsp3) is 0.350. The highest BCUT2D eigenvalue weighted by Gasteiger charge is 2.43. The van der Waals surface area contributed by atoms with Crippen LogP contribution < -0.4 is 14.8 Å². The highest BCUT2D eigenvalue weighted by Crippen LogP contribution is 2.39. The molecule has 1 heterocycles. The number of carbonyl (C=O) groups excluding carboxylic acids is 1. The number of sulfonamides is 1. The fourth-order valence-corrected chi connectivity index (χ4v) is 4.89. The standard InChI is InChI=1S/C20H24N2O5S/c1-13(2)21-20(23)19-16-8-6-5-7-14(16)12-22(19)28(24,25)15-9-10-17(26-3)18(11-15)27-4/h5-11,13,19H,12H2,1-4H3,(H,21,23)/t19-/m0/s1. The Morgan fingerprint density at radius 1 is 1.11 bits per heavy atom. The molecule has 0 radical (unpaired) electrons. The van der Waals surface area contributed by atoms with Gasteiger partial charge in [0.1, 0.15) is 6.04 Å². The number of fused-ring (bicyclic) bond motifs is 1. The molecule has 28 heavy (non-hydrogen) atoms. The van der Waals surface area contributed by atoms with Crippen LogP contribution in [0.1, 0.15) is 31.0 Å². The number of rotatable bonds is 6. The van der Waals surface area contributed by atoms with Crippen molar-refractivity contribution in [3.8, 4) is 11.5 Å². The number of amides is 1. The first kappa shape index (κ1) is 20.2. The number of nitrogens with one attached hydrogen (secondary N) is 1. The van der Waals surface area contributed by atoms with E-state index in [0.717, 1.165) is 5.56 Å². The van der Waals surface area contributed by atoms with E-state index in [1.807, 2.05) is 26.0 Å². The van der Waals surface area contributed by atoms with E-state index in [4.69, 9.17) is 9.47 Å².